The highest BCUT2D eigenvalue weighted by molar-refractivity contribution is 6.21. The summed E-state index contributed by atoms with van der Waals surface area (Å²) in [5.74, 6) is 0.391. The van der Waals surface area contributed by atoms with Gasteiger partial charge in [-0.3, -0.25) is 19.3 Å². The van der Waals surface area contributed by atoms with Crippen molar-refractivity contribution in [3.63, 3.8) is 0 Å². The first-order valence-electron chi connectivity index (χ1n) is 8.72. The van der Waals surface area contributed by atoms with Crippen LogP contribution in [-0.4, -0.2) is 43.3 Å². The number of nitrogens with zero attached hydrogens (tertiary/aromatic N) is 1. The molecule has 0 aromatic heterocycles. The molecule has 2 aromatic carbocycles. The van der Waals surface area contributed by atoms with Crippen molar-refractivity contribution in [1.82, 2.24) is 4.90 Å². The van der Waals surface area contributed by atoms with E-state index in [-0.39, 0.29) is 17.9 Å². The molecule has 0 radical (unpaired) electrons. The number of fused-ring (bicyclic) bond motifs is 1. The van der Waals surface area contributed by atoms with Crippen molar-refractivity contribution in [3.05, 3.63) is 58.7 Å². The zero-order chi connectivity index (χ0) is 19.6. The lowest BCUT2D eigenvalue weighted by Gasteiger charge is -2.26. The summed E-state index contributed by atoms with van der Waals surface area (Å²) in [5.41, 5.74) is 2.01. The van der Waals surface area contributed by atoms with Crippen LogP contribution in [0.5, 0.6) is 11.5 Å². The van der Waals surface area contributed by atoms with Crippen LogP contribution >= 0.6 is 0 Å². The molecule has 1 aliphatic heterocycles. The van der Waals surface area contributed by atoms with Gasteiger partial charge >= 0.3 is 0 Å². The number of hydrogen-bond donors (Lipinski definition) is 0. The van der Waals surface area contributed by atoms with Crippen molar-refractivity contribution in [2.75, 3.05) is 14.2 Å². The summed E-state index contributed by atoms with van der Waals surface area (Å²) in [7, 11) is 3.00. The maximum atomic E-state index is 12.8. The van der Waals surface area contributed by atoms with Gasteiger partial charge in [-0.1, -0.05) is 19.1 Å². The van der Waals surface area contributed by atoms with E-state index in [2.05, 4.69) is 0 Å². The lowest BCUT2D eigenvalue weighted by molar-refractivity contribution is 0.0578. The number of rotatable bonds is 7. The molecule has 0 saturated carbocycles. The molecule has 0 spiro atoms. The van der Waals surface area contributed by atoms with Crippen LogP contribution in [0.1, 0.15) is 50.0 Å². The van der Waals surface area contributed by atoms with Crippen molar-refractivity contribution in [3.8, 4) is 11.5 Å². The summed E-state index contributed by atoms with van der Waals surface area (Å²) in [6.07, 6.45) is 1.69. The molecular weight excluding hydrogens is 346 g/mol. The normalized spacial score (nSPS) is 14.1. The van der Waals surface area contributed by atoms with Crippen molar-refractivity contribution in [2.24, 2.45) is 0 Å². The van der Waals surface area contributed by atoms with E-state index in [1.54, 1.807) is 36.4 Å². The average molecular weight is 367 g/mol. The molecule has 2 amide bonds. The van der Waals surface area contributed by atoms with Gasteiger partial charge < -0.3 is 9.47 Å². The van der Waals surface area contributed by atoms with Gasteiger partial charge in [0.15, 0.2) is 6.29 Å². The maximum Gasteiger partial charge on any atom is 0.261 e. The summed E-state index contributed by atoms with van der Waals surface area (Å²) in [6.45, 7) is 1.93. The van der Waals surface area contributed by atoms with Crippen LogP contribution in [-0.2, 0) is 6.42 Å². The minimum Gasteiger partial charge on any atom is -0.496 e. The average Bonchev–Trinajstić information content (AvgIpc) is 2.96. The number of amides is 2. The fraction of sp³-hybridized carbons (Fsp3) is 0.286. The second-order valence-electron chi connectivity index (χ2n) is 6.32. The predicted octanol–water partition coefficient (Wildman–Crippen LogP) is 3.13. The number of ether oxygens (including phenoxy) is 2. The Morgan fingerprint density at radius 1 is 1.00 bits per heavy atom. The Kier molecular flexibility index (Phi) is 5.26. The monoisotopic (exact) mass is 367 g/mol. The topological polar surface area (TPSA) is 72.9 Å². The number of hydrogen-bond acceptors (Lipinski definition) is 5. The van der Waals surface area contributed by atoms with Crippen molar-refractivity contribution < 1.29 is 23.9 Å². The molecule has 0 bridgehead atoms. The Morgan fingerprint density at radius 2 is 1.59 bits per heavy atom. The van der Waals surface area contributed by atoms with E-state index in [1.807, 2.05) is 6.92 Å². The molecule has 1 heterocycles. The van der Waals surface area contributed by atoms with E-state index in [0.29, 0.717) is 47.3 Å². The van der Waals surface area contributed by atoms with E-state index in [9.17, 15) is 14.4 Å². The fourth-order valence-electron chi connectivity index (χ4n) is 3.45. The molecule has 1 aliphatic rings. The Morgan fingerprint density at radius 3 is 2.07 bits per heavy atom. The summed E-state index contributed by atoms with van der Waals surface area (Å²) < 4.78 is 10.7. The lowest BCUT2D eigenvalue weighted by Crippen LogP contribution is -2.40. The first-order chi connectivity index (χ1) is 13.0. The van der Waals surface area contributed by atoms with Gasteiger partial charge in [-0.25, -0.2) is 0 Å². The predicted molar refractivity (Wildman–Crippen MR) is 99.7 cm³/mol. The Bertz CT molecular complexity index is 870. The highest BCUT2D eigenvalue weighted by Gasteiger charge is 2.39. The summed E-state index contributed by atoms with van der Waals surface area (Å²) in [6, 6.07) is 9.84. The molecule has 140 valence electrons. The van der Waals surface area contributed by atoms with Crippen LogP contribution in [0.4, 0.5) is 0 Å². The molecular formula is C21H21NO5. The van der Waals surface area contributed by atoms with E-state index in [0.717, 1.165) is 5.56 Å². The Labute approximate surface area is 157 Å². The molecule has 0 N–H and O–H groups in total. The summed E-state index contributed by atoms with van der Waals surface area (Å²) in [5, 5.41) is 0. The third-order valence-corrected chi connectivity index (χ3v) is 4.88. The van der Waals surface area contributed by atoms with Gasteiger partial charge in [0.1, 0.15) is 11.5 Å². The SMILES string of the molecule is CC[C@H](Cc1cc(OC)c(C=O)cc1OC)N1C(=O)c2ccccc2C1=O. The van der Waals surface area contributed by atoms with Crippen molar-refractivity contribution in [1.29, 1.82) is 0 Å². The standard InChI is InChI=1S/C21H21NO5/c1-4-15(22-20(24)16-7-5-6-8-17(16)21(22)25)9-13-10-19(27-3)14(12-23)11-18(13)26-2/h5-8,10-12,15H,4,9H2,1-3H3/t15-/m1/s1. The summed E-state index contributed by atoms with van der Waals surface area (Å²) >= 11 is 0. The van der Waals surface area contributed by atoms with Crippen LogP contribution in [0.15, 0.2) is 36.4 Å². The van der Waals surface area contributed by atoms with E-state index < -0.39 is 0 Å². The summed E-state index contributed by atoms with van der Waals surface area (Å²) in [4.78, 5) is 38.1. The van der Waals surface area contributed by atoms with Gasteiger partial charge in [-0.15, -0.1) is 0 Å². The minimum atomic E-state index is -0.335. The van der Waals surface area contributed by atoms with E-state index in [1.165, 1.54) is 19.1 Å². The van der Waals surface area contributed by atoms with Gasteiger partial charge in [-0.05, 0) is 42.7 Å². The van der Waals surface area contributed by atoms with Gasteiger partial charge in [0.05, 0.1) is 30.9 Å². The van der Waals surface area contributed by atoms with E-state index >= 15 is 0 Å². The smallest absolute Gasteiger partial charge is 0.261 e. The number of aldehydes is 1. The van der Waals surface area contributed by atoms with Crippen LogP contribution in [0.25, 0.3) is 0 Å². The lowest BCUT2D eigenvalue weighted by atomic mass is 9.99. The molecule has 0 saturated heterocycles. The van der Waals surface area contributed by atoms with Crippen LogP contribution in [0, 0.1) is 0 Å². The Balaban J connectivity index is 1.96. The van der Waals surface area contributed by atoms with Crippen LogP contribution in [0.2, 0.25) is 0 Å². The van der Waals surface area contributed by atoms with Gasteiger partial charge in [0.25, 0.3) is 11.8 Å². The highest BCUT2D eigenvalue weighted by atomic mass is 16.5. The first-order valence-corrected chi connectivity index (χ1v) is 8.72. The first kappa shape index (κ1) is 18.6. The minimum absolute atomic E-state index is 0.280. The zero-order valence-corrected chi connectivity index (χ0v) is 15.5. The van der Waals surface area contributed by atoms with Crippen molar-refractivity contribution in [2.45, 2.75) is 25.8 Å². The van der Waals surface area contributed by atoms with Gasteiger partial charge in [0, 0.05) is 6.04 Å². The molecule has 1 atom stereocenters. The third kappa shape index (κ3) is 3.18. The zero-order valence-electron chi connectivity index (χ0n) is 15.5. The third-order valence-electron chi connectivity index (χ3n) is 4.88. The largest absolute Gasteiger partial charge is 0.496 e. The molecule has 2 aromatic rings. The fourth-order valence-corrected chi connectivity index (χ4v) is 3.45. The molecule has 6 nitrogen and oxygen atoms in total. The molecule has 0 fully saturated rings. The Hall–Kier alpha value is -3.15. The van der Waals surface area contributed by atoms with Crippen LogP contribution in [0.3, 0.4) is 0 Å². The van der Waals surface area contributed by atoms with Gasteiger partial charge in [-0.2, -0.15) is 0 Å². The van der Waals surface area contributed by atoms with Gasteiger partial charge in [0.2, 0.25) is 0 Å². The number of carbonyl (C=O) groups is 3. The molecule has 0 aliphatic carbocycles. The molecule has 6 heteroatoms. The quantitative estimate of drug-likeness (QED) is 0.555. The second-order valence-corrected chi connectivity index (χ2v) is 6.32. The maximum absolute atomic E-state index is 12.8. The second kappa shape index (κ2) is 7.61. The molecule has 0 unspecified atom stereocenters. The highest BCUT2D eigenvalue weighted by Crippen LogP contribution is 2.32. The molecule has 3 rings (SSSR count). The number of methoxy groups -OCH3 is 2. The van der Waals surface area contributed by atoms with E-state index in [4.69, 9.17) is 9.47 Å². The number of imide groups is 1. The molecule has 27 heavy (non-hydrogen) atoms. The van der Waals surface area contributed by atoms with Crippen molar-refractivity contribution >= 4 is 18.1 Å². The number of benzene rings is 2. The van der Waals surface area contributed by atoms with Crippen LogP contribution < -0.4 is 9.47 Å². The number of carbonyl (C=O) groups excluding carboxylic acids is 3.